The van der Waals surface area contributed by atoms with Gasteiger partial charge < -0.3 is 15.8 Å². The quantitative estimate of drug-likeness (QED) is 0.769. The third-order valence-electron chi connectivity index (χ3n) is 2.20. The van der Waals surface area contributed by atoms with Gasteiger partial charge in [-0.2, -0.15) is 0 Å². The highest BCUT2D eigenvalue weighted by Gasteiger charge is 2.21. The molecule has 1 aromatic rings. The van der Waals surface area contributed by atoms with Crippen molar-refractivity contribution >= 4 is 16.5 Å². The minimum Gasteiger partial charge on any atom is -0.378 e. The third-order valence-corrected chi connectivity index (χ3v) is 3.13. The fourth-order valence-corrected chi connectivity index (χ4v) is 2.10. The number of thiazole rings is 1. The predicted octanol–water partition coefficient (Wildman–Crippen LogP) is 1.12. The van der Waals surface area contributed by atoms with Crippen LogP contribution in [0.3, 0.4) is 0 Å². The number of rotatable bonds is 5. The zero-order chi connectivity index (χ0) is 9.97. The van der Waals surface area contributed by atoms with E-state index in [1.54, 1.807) is 18.4 Å². The van der Waals surface area contributed by atoms with Crippen LogP contribution in [0.1, 0.15) is 23.4 Å². The third kappa shape index (κ3) is 2.43. The van der Waals surface area contributed by atoms with Gasteiger partial charge >= 0.3 is 0 Å². The van der Waals surface area contributed by atoms with Gasteiger partial charge in [-0.25, -0.2) is 4.98 Å². The van der Waals surface area contributed by atoms with Crippen molar-refractivity contribution in [3.63, 3.8) is 0 Å². The van der Waals surface area contributed by atoms with E-state index in [2.05, 4.69) is 10.3 Å². The Bertz CT molecular complexity index is 309. The number of nitrogens with two attached hydrogens (primary N) is 1. The second-order valence-corrected chi connectivity index (χ2v) is 4.63. The molecule has 1 heterocycles. The standard InChI is InChI=1S/C9H15N3OS/c1-13-5-7-8(14-9(10)12-7)4-11-6-2-3-6/h6,11H,2-5H2,1H3,(H2,10,12). The molecule has 1 aromatic heterocycles. The number of hydrogen-bond donors (Lipinski definition) is 2. The fourth-order valence-electron chi connectivity index (χ4n) is 1.32. The van der Waals surface area contributed by atoms with Gasteiger partial charge in [-0.15, -0.1) is 11.3 Å². The van der Waals surface area contributed by atoms with Crippen LogP contribution in [0, 0.1) is 0 Å². The Labute approximate surface area is 87.5 Å². The molecule has 0 saturated heterocycles. The van der Waals surface area contributed by atoms with E-state index in [0.29, 0.717) is 17.8 Å². The molecule has 4 nitrogen and oxygen atoms in total. The van der Waals surface area contributed by atoms with Crippen LogP contribution in [0.4, 0.5) is 5.13 Å². The molecule has 0 aromatic carbocycles. The van der Waals surface area contributed by atoms with Crippen LogP contribution in [0.15, 0.2) is 0 Å². The molecule has 14 heavy (non-hydrogen) atoms. The Morgan fingerprint density at radius 2 is 2.43 bits per heavy atom. The van der Waals surface area contributed by atoms with Crippen LogP contribution in [-0.2, 0) is 17.9 Å². The normalized spacial score (nSPS) is 16.1. The maximum atomic E-state index is 5.66. The molecule has 1 aliphatic carbocycles. The Balaban J connectivity index is 1.97. The van der Waals surface area contributed by atoms with E-state index in [0.717, 1.165) is 12.2 Å². The van der Waals surface area contributed by atoms with Crippen LogP contribution < -0.4 is 11.1 Å². The summed E-state index contributed by atoms with van der Waals surface area (Å²) in [5.41, 5.74) is 6.63. The van der Waals surface area contributed by atoms with E-state index >= 15 is 0 Å². The van der Waals surface area contributed by atoms with Crippen molar-refractivity contribution in [1.29, 1.82) is 0 Å². The van der Waals surface area contributed by atoms with Gasteiger partial charge in [-0.05, 0) is 12.8 Å². The lowest BCUT2D eigenvalue weighted by Crippen LogP contribution is -2.15. The van der Waals surface area contributed by atoms with Gasteiger partial charge in [0, 0.05) is 24.6 Å². The van der Waals surface area contributed by atoms with Crippen molar-refractivity contribution in [3.8, 4) is 0 Å². The van der Waals surface area contributed by atoms with E-state index in [1.807, 2.05) is 0 Å². The summed E-state index contributed by atoms with van der Waals surface area (Å²) >= 11 is 1.55. The number of methoxy groups -OCH3 is 1. The summed E-state index contributed by atoms with van der Waals surface area (Å²) in [5, 5.41) is 4.07. The lowest BCUT2D eigenvalue weighted by Gasteiger charge is -2.01. The van der Waals surface area contributed by atoms with Gasteiger partial charge in [0.25, 0.3) is 0 Å². The highest BCUT2D eigenvalue weighted by Crippen LogP contribution is 2.24. The predicted molar refractivity (Wildman–Crippen MR) is 57.1 cm³/mol. The molecule has 0 bridgehead atoms. The van der Waals surface area contributed by atoms with Crippen molar-refractivity contribution in [2.75, 3.05) is 12.8 Å². The van der Waals surface area contributed by atoms with Gasteiger partial charge in [0.1, 0.15) is 0 Å². The van der Waals surface area contributed by atoms with Crippen LogP contribution in [0.25, 0.3) is 0 Å². The zero-order valence-corrected chi connectivity index (χ0v) is 9.06. The average molecular weight is 213 g/mol. The summed E-state index contributed by atoms with van der Waals surface area (Å²) in [5.74, 6) is 0. The topological polar surface area (TPSA) is 60.2 Å². The van der Waals surface area contributed by atoms with E-state index in [-0.39, 0.29) is 0 Å². The summed E-state index contributed by atoms with van der Waals surface area (Å²) in [6, 6.07) is 0.716. The molecular formula is C9H15N3OS. The summed E-state index contributed by atoms with van der Waals surface area (Å²) in [6.45, 7) is 1.42. The van der Waals surface area contributed by atoms with Crippen LogP contribution in [-0.4, -0.2) is 18.1 Å². The summed E-state index contributed by atoms with van der Waals surface area (Å²) in [6.07, 6.45) is 2.60. The first-order chi connectivity index (χ1) is 6.79. The number of nitrogens with one attached hydrogen (secondary N) is 1. The lowest BCUT2D eigenvalue weighted by atomic mass is 10.3. The lowest BCUT2D eigenvalue weighted by molar-refractivity contribution is 0.181. The Morgan fingerprint density at radius 3 is 3.07 bits per heavy atom. The van der Waals surface area contributed by atoms with Gasteiger partial charge in [0.2, 0.25) is 0 Å². The molecule has 78 valence electrons. The fraction of sp³-hybridized carbons (Fsp3) is 0.667. The number of ether oxygens (including phenoxy) is 1. The first-order valence-electron chi connectivity index (χ1n) is 4.76. The second-order valence-electron chi connectivity index (χ2n) is 3.51. The monoisotopic (exact) mass is 213 g/mol. The molecular weight excluding hydrogens is 198 g/mol. The van der Waals surface area contributed by atoms with Crippen molar-refractivity contribution < 1.29 is 4.74 Å². The van der Waals surface area contributed by atoms with Crippen molar-refractivity contribution in [2.45, 2.75) is 32.0 Å². The SMILES string of the molecule is COCc1nc(N)sc1CNC1CC1. The zero-order valence-electron chi connectivity index (χ0n) is 8.25. The molecule has 3 N–H and O–H groups in total. The summed E-state index contributed by atoms with van der Waals surface area (Å²) in [4.78, 5) is 5.43. The first-order valence-corrected chi connectivity index (χ1v) is 5.57. The summed E-state index contributed by atoms with van der Waals surface area (Å²) in [7, 11) is 1.67. The van der Waals surface area contributed by atoms with Crippen molar-refractivity contribution in [1.82, 2.24) is 10.3 Å². The molecule has 0 unspecified atom stereocenters. The Hall–Kier alpha value is -0.650. The summed E-state index contributed by atoms with van der Waals surface area (Å²) < 4.78 is 5.07. The van der Waals surface area contributed by atoms with E-state index in [1.165, 1.54) is 17.7 Å². The average Bonchev–Trinajstić information content (AvgIpc) is 2.90. The highest BCUT2D eigenvalue weighted by molar-refractivity contribution is 7.15. The number of nitrogen functional groups attached to an aromatic ring is 1. The molecule has 1 aliphatic rings. The van der Waals surface area contributed by atoms with E-state index in [9.17, 15) is 0 Å². The number of aromatic nitrogens is 1. The number of nitrogens with zero attached hydrogens (tertiary/aromatic N) is 1. The maximum Gasteiger partial charge on any atom is 0.180 e. The highest BCUT2D eigenvalue weighted by atomic mass is 32.1. The number of hydrogen-bond acceptors (Lipinski definition) is 5. The first kappa shape index (κ1) is 9.89. The van der Waals surface area contributed by atoms with Crippen molar-refractivity contribution in [2.24, 2.45) is 0 Å². The van der Waals surface area contributed by atoms with Gasteiger partial charge in [-0.3, -0.25) is 0 Å². The molecule has 0 aliphatic heterocycles. The van der Waals surface area contributed by atoms with Gasteiger partial charge in [0.15, 0.2) is 5.13 Å². The molecule has 0 radical (unpaired) electrons. The van der Waals surface area contributed by atoms with Gasteiger partial charge in [-0.1, -0.05) is 0 Å². The van der Waals surface area contributed by atoms with E-state index < -0.39 is 0 Å². The molecule has 5 heteroatoms. The largest absolute Gasteiger partial charge is 0.378 e. The molecule has 2 rings (SSSR count). The molecule has 1 saturated carbocycles. The molecule has 0 spiro atoms. The maximum absolute atomic E-state index is 5.66. The van der Waals surface area contributed by atoms with Gasteiger partial charge in [0.05, 0.1) is 12.3 Å². The minimum atomic E-state index is 0.551. The smallest absolute Gasteiger partial charge is 0.180 e. The second kappa shape index (κ2) is 4.25. The van der Waals surface area contributed by atoms with Crippen LogP contribution in [0.5, 0.6) is 0 Å². The number of anilines is 1. The molecule has 0 amide bonds. The Morgan fingerprint density at radius 1 is 1.64 bits per heavy atom. The van der Waals surface area contributed by atoms with E-state index in [4.69, 9.17) is 10.5 Å². The molecule has 0 atom stereocenters. The Kier molecular flexibility index (Phi) is 3.00. The van der Waals surface area contributed by atoms with Crippen molar-refractivity contribution in [3.05, 3.63) is 10.6 Å². The van der Waals surface area contributed by atoms with Crippen LogP contribution >= 0.6 is 11.3 Å². The molecule has 1 fully saturated rings. The van der Waals surface area contributed by atoms with Crippen LogP contribution in [0.2, 0.25) is 0 Å². The minimum absolute atomic E-state index is 0.551.